The third-order valence-electron chi connectivity index (χ3n) is 2.41. The van der Waals surface area contributed by atoms with Gasteiger partial charge < -0.3 is 4.74 Å². The molecule has 1 unspecified atom stereocenters. The zero-order chi connectivity index (χ0) is 9.31. The highest BCUT2D eigenvalue weighted by molar-refractivity contribution is 5.34. The lowest BCUT2D eigenvalue weighted by Crippen LogP contribution is -2.01. The molecule has 0 bridgehead atoms. The summed E-state index contributed by atoms with van der Waals surface area (Å²) < 4.78 is 5.55. The van der Waals surface area contributed by atoms with Gasteiger partial charge in [-0.1, -0.05) is 55.6 Å². The predicted molar refractivity (Wildman–Crippen MR) is 53.4 cm³/mol. The van der Waals surface area contributed by atoms with Crippen LogP contribution in [-0.4, -0.2) is 5.60 Å². The van der Waals surface area contributed by atoms with Crippen molar-refractivity contribution in [1.82, 2.24) is 0 Å². The van der Waals surface area contributed by atoms with Gasteiger partial charge in [0.25, 0.3) is 0 Å². The van der Waals surface area contributed by atoms with Crippen LogP contribution in [0.5, 0.6) is 0 Å². The molecule has 0 aromatic heterocycles. The summed E-state index contributed by atoms with van der Waals surface area (Å²) in [4.78, 5) is 0. The first-order valence-corrected chi connectivity index (χ1v) is 4.32. The SMILES string of the molecule is C=CC1(C=C)OC1c1ccccc1. The second-order valence-corrected chi connectivity index (χ2v) is 3.17. The Kier molecular flexibility index (Phi) is 1.82. The van der Waals surface area contributed by atoms with E-state index >= 15 is 0 Å². The summed E-state index contributed by atoms with van der Waals surface area (Å²) in [5.74, 6) is 0. The molecule has 1 saturated heterocycles. The van der Waals surface area contributed by atoms with Gasteiger partial charge in [-0.2, -0.15) is 0 Å². The summed E-state index contributed by atoms with van der Waals surface area (Å²) in [6.45, 7) is 7.49. The van der Waals surface area contributed by atoms with Gasteiger partial charge in [0.1, 0.15) is 11.7 Å². The van der Waals surface area contributed by atoms with Gasteiger partial charge in [0, 0.05) is 0 Å². The number of rotatable bonds is 3. The Labute approximate surface area is 78.3 Å². The minimum atomic E-state index is -0.318. The molecule has 1 heteroatoms. The Bertz CT molecular complexity index is 318. The first-order valence-electron chi connectivity index (χ1n) is 4.32. The lowest BCUT2D eigenvalue weighted by atomic mass is 10.00. The molecular weight excluding hydrogens is 160 g/mol. The molecule has 1 aromatic rings. The van der Waals surface area contributed by atoms with E-state index in [4.69, 9.17) is 4.74 Å². The van der Waals surface area contributed by atoms with Crippen LogP contribution in [0.15, 0.2) is 55.6 Å². The molecule has 1 heterocycles. The maximum Gasteiger partial charge on any atom is 0.135 e. The Morgan fingerprint density at radius 3 is 2.23 bits per heavy atom. The summed E-state index contributed by atoms with van der Waals surface area (Å²) in [5, 5.41) is 0. The third-order valence-corrected chi connectivity index (χ3v) is 2.41. The molecule has 0 amide bonds. The van der Waals surface area contributed by atoms with Gasteiger partial charge in [0.05, 0.1) is 0 Å². The summed E-state index contributed by atoms with van der Waals surface area (Å²) in [5.41, 5.74) is 0.865. The fraction of sp³-hybridized carbons (Fsp3) is 0.167. The highest BCUT2D eigenvalue weighted by Gasteiger charge is 2.52. The topological polar surface area (TPSA) is 12.5 Å². The maximum absolute atomic E-state index is 5.55. The van der Waals surface area contributed by atoms with Gasteiger partial charge in [-0.25, -0.2) is 0 Å². The van der Waals surface area contributed by atoms with Gasteiger partial charge in [-0.15, -0.1) is 0 Å². The van der Waals surface area contributed by atoms with E-state index in [0.29, 0.717) is 0 Å². The first-order chi connectivity index (χ1) is 6.32. The monoisotopic (exact) mass is 172 g/mol. The molecule has 1 fully saturated rings. The first kappa shape index (κ1) is 8.27. The summed E-state index contributed by atoms with van der Waals surface area (Å²) >= 11 is 0. The van der Waals surface area contributed by atoms with E-state index < -0.39 is 0 Å². The van der Waals surface area contributed by atoms with Crippen molar-refractivity contribution in [3.05, 3.63) is 61.2 Å². The molecular formula is C12H12O. The normalized spacial score (nSPS) is 23.5. The van der Waals surface area contributed by atoms with Gasteiger partial charge in [-0.3, -0.25) is 0 Å². The molecule has 1 nitrogen and oxygen atoms in total. The highest BCUT2D eigenvalue weighted by atomic mass is 16.6. The molecule has 1 aliphatic heterocycles. The molecule has 1 aromatic carbocycles. The van der Waals surface area contributed by atoms with Crippen molar-refractivity contribution in [3.63, 3.8) is 0 Å². The van der Waals surface area contributed by atoms with Crippen molar-refractivity contribution < 1.29 is 4.74 Å². The molecule has 66 valence electrons. The molecule has 13 heavy (non-hydrogen) atoms. The van der Waals surface area contributed by atoms with E-state index in [1.54, 1.807) is 12.2 Å². The Morgan fingerprint density at radius 1 is 1.15 bits per heavy atom. The third kappa shape index (κ3) is 1.21. The Morgan fingerprint density at radius 2 is 1.77 bits per heavy atom. The average Bonchev–Trinajstić information content (AvgIpc) is 2.95. The van der Waals surface area contributed by atoms with Gasteiger partial charge >= 0.3 is 0 Å². The van der Waals surface area contributed by atoms with E-state index in [1.165, 1.54) is 5.56 Å². The highest BCUT2D eigenvalue weighted by Crippen LogP contribution is 2.51. The van der Waals surface area contributed by atoms with Crippen LogP contribution in [0.1, 0.15) is 11.7 Å². The van der Waals surface area contributed by atoms with E-state index in [9.17, 15) is 0 Å². The summed E-state index contributed by atoms with van der Waals surface area (Å²) in [6, 6.07) is 10.1. The second kappa shape index (κ2) is 2.86. The van der Waals surface area contributed by atoms with Crippen LogP contribution >= 0.6 is 0 Å². The molecule has 0 spiro atoms. The van der Waals surface area contributed by atoms with E-state index in [0.717, 1.165) is 0 Å². The van der Waals surface area contributed by atoms with E-state index in [1.807, 2.05) is 18.2 Å². The van der Waals surface area contributed by atoms with Crippen LogP contribution in [0.25, 0.3) is 0 Å². The lowest BCUT2D eigenvalue weighted by Gasteiger charge is -1.98. The maximum atomic E-state index is 5.55. The smallest absolute Gasteiger partial charge is 0.135 e. The minimum Gasteiger partial charge on any atom is -0.352 e. The molecule has 1 aliphatic rings. The number of epoxide rings is 1. The number of ether oxygens (including phenoxy) is 1. The minimum absolute atomic E-state index is 0.115. The fourth-order valence-corrected chi connectivity index (χ4v) is 1.52. The zero-order valence-corrected chi connectivity index (χ0v) is 7.44. The van der Waals surface area contributed by atoms with Crippen LogP contribution < -0.4 is 0 Å². The van der Waals surface area contributed by atoms with Crippen LogP contribution in [0, 0.1) is 0 Å². The molecule has 1 atom stereocenters. The summed E-state index contributed by atoms with van der Waals surface area (Å²) in [6.07, 6.45) is 3.72. The molecule has 0 saturated carbocycles. The average molecular weight is 172 g/mol. The van der Waals surface area contributed by atoms with Gasteiger partial charge in [0.2, 0.25) is 0 Å². The van der Waals surface area contributed by atoms with Crippen molar-refractivity contribution in [2.45, 2.75) is 11.7 Å². The van der Waals surface area contributed by atoms with Crippen molar-refractivity contribution >= 4 is 0 Å². The lowest BCUT2D eigenvalue weighted by molar-refractivity contribution is 0.362. The number of hydrogen-bond acceptors (Lipinski definition) is 1. The molecule has 0 N–H and O–H groups in total. The molecule has 0 aliphatic carbocycles. The van der Waals surface area contributed by atoms with Crippen molar-refractivity contribution in [1.29, 1.82) is 0 Å². The summed E-state index contributed by atoms with van der Waals surface area (Å²) in [7, 11) is 0. The standard InChI is InChI=1S/C12H12O/c1-3-12(4-2)11(13-12)10-8-6-5-7-9-10/h3-9,11H,1-2H2. The Balaban J connectivity index is 2.24. The van der Waals surface area contributed by atoms with Crippen LogP contribution in [0.4, 0.5) is 0 Å². The van der Waals surface area contributed by atoms with Crippen molar-refractivity contribution in [3.8, 4) is 0 Å². The van der Waals surface area contributed by atoms with E-state index in [2.05, 4.69) is 25.3 Å². The predicted octanol–water partition coefficient (Wildman–Crippen LogP) is 2.87. The molecule has 2 rings (SSSR count). The van der Waals surface area contributed by atoms with Gasteiger partial charge in [0.15, 0.2) is 0 Å². The number of benzene rings is 1. The molecule has 0 radical (unpaired) electrons. The fourth-order valence-electron chi connectivity index (χ4n) is 1.52. The van der Waals surface area contributed by atoms with Crippen LogP contribution in [0.2, 0.25) is 0 Å². The van der Waals surface area contributed by atoms with Crippen LogP contribution in [-0.2, 0) is 4.74 Å². The van der Waals surface area contributed by atoms with Crippen molar-refractivity contribution in [2.24, 2.45) is 0 Å². The number of hydrogen-bond donors (Lipinski definition) is 0. The quantitative estimate of drug-likeness (QED) is 0.504. The zero-order valence-electron chi connectivity index (χ0n) is 7.44. The van der Waals surface area contributed by atoms with E-state index in [-0.39, 0.29) is 11.7 Å². The van der Waals surface area contributed by atoms with Crippen molar-refractivity contribution in [2.75, 3.05) is 0 Å². The largest absolute Gasteiger partial charge is 0.352 e. The Hall–Kier alpha value is -1.34. The van der Waals surface area contributed by atoms with Crippen LogP contribution in [0.3, 0.4) is 0 Å². The second-order valence-electron chi connectivity index (χ2n) is 3.17. The van der Waals surface area contributed by atoms with Gasteiger partial charge in [-0.05, 0) is 5.56 Å².